The minimum Gasteiger partial charge on any atom is -0.376 e. The van der Waals surface area contributed by atoms with Gasteiger partial charge in [-0.15, -0.1) is 0 Å². The molecule has 0 saturated carbocycles. The van der Waals surface area contributed by atoms with E-state index in [1.54, 1.807) is 0 Å². The van der Waals surface area contributed by atoms with Gasteiger partial charge in [-0.05, 0) is 43.9 Å². The molecule has 1 N–H and O–H groups in total. The van der Waals surface area contributed by atoms with Gasteiger partial charge in [0.1, 0.15) is 0 Å². The molecule has 3 aliphatic rings. The number of halogens is 2. The molecule has 10 heteroatoms. The van der Waals surface area contributed by atoms with Crippen molar-refractivity contribution in [2.45, 2.75) is 42.3 Å². The summed E-state index contributed by atoms with van der Waals surface area (Å²) in [4.78, 5) is 14.4. The molecule has 4 rings (SSSR count). The topological polar surface area (TPSA) is 79.0 Å². The van der Waals surface area contributed by atoms with Gasteiger partial charge in [-0.25, -0.2) is 8.42 Å². The zero-order valence-electron chi connectivity index (χ0n) is 15.4. The van der Waals surface area contributed by atoms with E-state index in [9.17, 15) is 13.2 Å². The van der Waals surface area contributed by atoms with Crippen LogP contribution in [0, 0.1) is 0 Å². The van der Waals surface area contributed by atoms with Crippen LogP contribution in [0.3, 0.4) is 0 Å². The molecule has 1 amide bonds. The van der Waals surface area contributed by atoms with E-state index in [1.165, 1.54) is 22.5 Å². The number of carbonyl (C=O) groups excluding carboxylic acids is 1. The lowest BCUT2D eigenvalue weighted by Crippen LogP contribution is -2.60. The van der Waals surface area contributed by atoms with Crippen molar-refractivity contribution in [3.8, 4) is 0 Å². The van der Waals surface area contributed by atoms with Crippen molar-refractivity contribution in [2.75, 3.05) is 32.8 Å². The first-order valence-electron chi connectivity index (χ1n) is 9.44. The quantitative estimate of drug-likeness (QED) is 0.763. The van der Waals surface area contributed by atoms with Gasteiger partial charge in [-0.1, -0.05) is 23.2 Å². The Morgan fingerprint density at radius 3 is 2.61 bits per heavy atom. The minimum absolute atomic E-state index is 0.0521. The van der Waals surface area contributed by atoms with Gasteiger partial charge in [0.05, 0.1) is 33.3 Å². The SMILES string of the molecule is O=C1CNC2(CCN(S(=O)(=O)c3ccc(Cl)c(Cl)c3)CC2)N1CC1CCCO1. The number of hydrogen-bond acceptors (Lipinski definition) is 5. The summed E-state index contributed by atoms with van der Waals surface area (Å²) in [6.45, 7) is 2.23. The van der Waals surface area contributed by atoms with Gasteiger partial charge in [-0.3, -0.25) is 10.1 Å². The molecule has 0 aromatic heterocycles. The van der Waals surface area contributed by atoms with Gasteiger partial charge in [0.15, 0.2) is 0 Å². The average Bonchev–Trinajstić information content (AvgIpc) is 3.29. The molecule has 3 fully saturated rings. The summed E-state index contributed by atoms with van der Waals surface area (Å²) in [6, 6.07) is 4.34. The maximum atomic E-state index is 13.0. The Labute approximate surface area is 175 Å². The number of carbonyl (C=O) groups is 1. The lowest BCUT2D eigenvalue weighted by Gasteiger charge is -2.44. The van der Waals surface area contributed by atoms with Crippen molar-refractivity contribution in [2.24, 2.45) is 0 Å². The third kappa shape index (κ3) is 3.66. The Kier molecular flexibility index (Phi) is 5.63. The minimum atomic E-state index is -3.67. The van der Waals surface area contributed by atoms with Crippen LogP contribution in [0.1, 0.15) is 25.7 Å². The molecule has 1 spiro atoms. The highest BCUT2D eigenvalue weighted by molar-refractivity contribution is 7.89. The monoisotopic (exact) mass is 447 g/mol. The van der Waals surface area contributed by atoms with E-state index in [0.717, 1.165) is 19.4 Å². The maximum absolute atomic E-state index is 13.0. The maximum Gasteiger partial charge on any atom is 0.243 e. The van der Waals surface area contributed by atoms with Gasteiger partial charge >= 0.3 is 0 Å². The fourth-order valence-corrected chi connectivity index (χ4v) is 6.10. The highest BCUT2D eigenvalue weighted by atomic mass is 35.5. The van der Waals surface area contributed by atoms with Gasteiger partial charge < -0.3 is 9.64 Å². The number of sulfonamides is 1. The second-order valence-corrected chi connectivity index (χ2v) is 10.3. The van der Waals surface area contributed by atoms with Crippen molar-refractivity contribution in [1.29, 1.82) is 0 Å². The number of nitrogens with zero attached hydrogens (tertiary/aromatic N) is 2. The standard InChI is InChI=1S/C18H23Cl2N3O4S/c19-15-4-3-14(10-16(15)20)28(25,26)22-7-5-18(6-8-22)21-11-17(24)23(18)12-13-2-1-9-27-13/h3-4,10,13,21H,1-2,5-9,11-12H2. The summed E-state index contributed by atoms with van der Waals surface area (Å²) < 4.78 is 33.1. The molecule has 0 bridgehead atoms. The van der Waals surface area contributed by atoms with Crippen LogP contribution >= 0.6 is 23.2 Å². The fourth-order valence-electron chi connectivity index (χ4n) is 4.27. The van der Waals surface area contributed by atoms with E-state index in [-0.39, 0.29) is 28.5 Å². The molecule has 1 atom stereocenters. The molecular formula is C18H23Cl2N3O4S. The van der Waals surface area contributed by atoms with Crippen LogP contribution in [0.4, 0.5) is 0 Å². The number of piperidine rings is 1. The molecule has 7 nitrogen and oxygen atoms in total. The molecule has 3 heterocycles. The summed E-state index contributed by atoms with van der Waals surface area (Å²) in [6.07, 6.45) is 3.11. The smallest absolute Gasteiger partial charge is 0.243 e. The predicted octanol–water partition coefficient (Wildman–Crippen LogP) is 2.09. The van der Waals surface area contributed by atoms with E-state index in [2.05, 4.69) is 5.32 Å². The molecule has 28 heavy (non-hydrogen) atoms. The van der Waals surface area contributed by atoms with E-state index in [0.29, 0.717) is 37.5 Å². The van der Waals surface area contributed by atoms with Crippen LogP contribution in [0.2, 0.25) is 10.0 Å². The van der Waals surface area contributed by atoms with E-state index < -0.39 is 15.7 Å². The van der Waals surface area contributed by atoms with Gasteiger partial charge in [0.2, 0.25) is 15.9 Å². The van der Waals surface area contributed by atoms with Crippen molar-refractivity contribution in [1.82, 2.24) is 14.5 Å². The Morgan fingerprint density at radius 1 is 1.21 bits per heavy atom. The van der Waals surface area contributed by atoms with Crippen molar-refractivity contribution < 1.29 is 17.9 Å². The molecule has 1 unspecified atom stereocenters. The van der Waals surface area contributed by atoms with E-state index in [4.69, 9.17) is 27.9 Å². The van der Waals surface area contributed by atoms with Crippen LogP contribution in [0.15, 0.2) is 23.1 Å². The van der Waals surface area contributed by atoms with Crippen LogP contribution in [0.5, 0.6) is 0 Å². The molecule has 1 aromatic carbocycles. The van der Waals surface area contributed by atoms with Gasteiger partial charge in [0, 0.05) is 26.2 Å². The van der Waals surface area contributed by atoms with Crippen LogP contribution in [0.25, 0.3) is 0 Å². The Hall–Kier alpha value is -0.900. The van der Waals surface area contributed by atoms with Crippen molar-refractivity contribution in [3.05, 3.63) is 28.2 Å². The Morgan fingerprint density at radius 2 is 1.96 bits per heavy atom. The second kappa shape index (κ2) is 7.74. The largest absolute Gasteiger partial charge is 0.376 e. The summed E-state index contributed by atoms with van der Waals surface area (Å²) in [7, 11) is -3.67. The lowest BCUT2D eigenvalue weighted by molar-refractivity contribution is -0.133. The number of rotatable bonds is 4. The predicted molar refractivity (Wildman–Crippen MR) is 106 cm³/mol. The van der Waals surface area contributed by atoms with Gasteiger partial charge in [-0.2, -0.15) is 4.31 Å². The Balaban J connectivity index is 1.48. The molecule has 154 valence electrons. The zero-order valence-corrected chi connectivity index (χ0v) is 17.7. The molecule has 3 saturated heterocycles. The molecular weight excluding hydrogens is 425 g/mol. The van der Waals surface area contributed by atoms with Gasteiger partial charge in [0.25, 0.3) is 0 Å². The Bertz CT molecular complexity index is 866. The first-order chi connectivity index (χ1) is 13.3. The molecule has 3 aliphatic heterocycles. The van der Waals surface area contributed by atoms with E-state index >= 15 is 0 Å². The third-order valence-electron chi connectivity index (χ3n) is 5.88. The summed E-state index contributed by atoms with van der Waals surface area (Å²) >= 11 is 11.9. The van der Waals surface area contributed by atoms with Crippen LogP contribution in [-0.2, 0) is 19.6 Å². The highest BCUT2D eigenvalue weighted by Gasteiger charge is 2.49. The first-order valence-corrected chi connectivity index (χ1v) is 11.6. The molecule has 0 aliphatic carbocycles. The fraction of sp³-hybridized carbons (Fsp3) is 0.611. The van der Waals surface area contributed by atoms with Crippen LogP contribution in [-0.4, -0.2) is 68.1 Å². The molecule has 0 radical (unpaired) electrons. The van der Waals surface area contributed by atoms with Crippen LogP contribution < -0.4 is 5.32 Å². The number of benzene rings is 1. The summed E-state index contributed by atoms with van der Waals surface area (Å²) in [5.41, 5.74) is -0.493. The van der Waals surface area contributed by atoms with Crippen molar-refractivity contribution >= 4 is 39.1 Å². The lowest BCUT2D eigenvalue weighted by atomic mass is 9.97. The number of hydrogen-bond donors (Lipinski definition) is 1. The number of nitrogens with one attached hydrogen (secondary N) is 1. The third-order valence-corrected chi connectivity index (χ3v) is 8.51. The second-order valence-electron chi connectivity index (χ2n) is 7.50. The number of ether oxygens (including phenoxy) is 1. The normalized spacial score (nSPS) is 25.7. The zero-order chi connectivity index (χ0) is 19.9. The first kappa shape index (κ1) is 20.4. The van der Waals surface area contributed by atoms with Crippen molar-refractivity contribution in [3.63, 3.8) is 0 Å². The average molecular weight is 448 g/mol. The van der Waals surface area contributed by atoms with E-state index in [1.807, 2.05) is 4.90 Å². The summed E-state index contributed by atoms with van der Waals surface area (Å²) in [5, 5.41) is 3.86. The summed E-state index contributed by atoms with van der Waals surface area (Å²) in [5.74, 6) is 0.0521. The highest BCUT2D eigenvalue weighted by Crippen LogP contribution is 2.34. The number of amides is 1. The molecule has 1 aromatic rings.